The van der Waals surface area contributed by atoms with Crippen molar-refractivity contribution in [2.45, 2.75) is 45.6 Å². The molecule has 0 radical (unpaired) electrons. The Labute approximate surface area is 140 Å². The number of aryl methyl sites for hydroxylation is 1. The van der Waals surface area contributed by atoms with Crippen LogP contribution in [0.4, 0.5) is 5.82 Å². The first-order valence-corrected chi connectivity index (χ1v) is 8.54. The number of pyridine rings is 1. The summed E-state index contributed by atoms with van der Waals surface area (Å²) in [4.78, 5) is 6.56. The molecule has 124 valence electrons. The Morgan fingerprint density at radius 3 is 2.35 bits per heavy atom. The standard InChI is InChI=1S/C20H29N3/c1-4-5-6-7-19-13-18(14-22-20(19)21)12-16-8-10-17(11-9-16)15-23(2)3/h8-11,13-14H,4-7,12,15H2,1-3H3,(H2,21,22). The molecule has 0 aliphatic carbocycles. The van der Waals surface area contributed by atoms with Gasteiger partial charge in [0.15, 0.2) is 0 Å². The van der Waals surface area contributed by atoms with Gasteiger partial charge in [0.25, 0.3) is 0 Å². The van der Waals surface area contributed by atoms with E-state index in [2.05, 4.69) is 61.2 Å². The lowest BCUT2D eigenvalue weighted by molar-refractivity contribution is 0.402. The Morgan fingerprint density at radius 2 is 1.70 bits per heavy atom. The van der Waals surface area contributed by atoms with E-state index in [1.54, 1.807) is 0 Å². The molecule has 1 heterocycles. The van der Waals surface area contributed by atoms with Crippen molar-refractivity contribution in [3.8, 4) is 0 Å². The number of hydrogen-bond acceptors (Lipinski definition) is 3. The SMILES string of the molecule is CCCCCc1cc(Cc2ccc(CN(C)C)cc2)cnc1N. The molecule has 0 aliphatic rings. The summed E-state index contributed by atoms with van der Waals surface area (Å²) in [7, 11) is 4.18. The van der Waals surface area contributed by atoms with E-state index in [1.807, 2.05) is 6.20 Å². The van der Waals surface area contributed by atoms with E-state index in [0.29, 0.717) is 5.82 Å². The molecule has 0 atom stereocenters. The predicted molar refractivity (Wildman–Crippen MR) is 98.5 cm³/mol. The minimum absolute atomic E-state index is 0.686. The molecule has 0 unspecified atom stereocenters. The molecular weight excluding hydrogens is 282 g/mol. The van der Waals surface area contributed by atoms with Crippen molar-refractivity contribution in [2.75, 3.05) is 19.8 Å². The van der Waals surface area contributed by atoms with Crippen molar-refractivity contribution in [3.63, 3.8) is 0 Å². The Morgan fingerprint density at radius 1 is 1.00 bits per heavy atom. The third-order valence-electron chi connectivity index (χ3n) is 4.04. The van der Waals surface area contributed by atoms with Crippen molar-refractivity contribution in [2.24, 2.45) is 0 Å². The second-order valence-electron chi connectivity index (χ2n) is 6.58. The van der Waals surface area contributed by atoms with Crippen molar-refractivity contribution >= 4 is 5.82 Å². The van der Waals surface area contributed by atoms with Crippen LogP contribution in [0.25, 0.3) is 0 Å². The van der Waals surface area contributed by atoms with Gasteiger partial charge in [-0.05, 0) is 55.6 Å². The molecule has 3 nitrogen and oxygen atoms in total. The average molecular weight is 311 g/mol. The molecule has 23 heavy (non-hydrogen) atoms. The number of benzene rings is 1. The topological polar surface area (TPSA) is 42.2 Å². The Hall–Kier alpha value is -1.87. The molecule has 2 N–H and O–H groups in total. The molecule has 2 aromatic rings. The lowest BCUT2D eigenvalue weighted by atomic mass is 10.0. The summed E-state index contributed by atoms with van der Waals surface area (Å²) in [6, 6.07) is 11.1. The zero-order valence-electron chi connectivity index (χ0n) is 14.7. The zero-order valence-corrected chi connectivity index (χ0v) is 14.7. The van der Waals surface area contributed by atoms with Crippen molar-refractivity contribution in [3.05, 3.63) is 58.8 Å². The first-order valence-electron chi connectivity index (χ1n) is 8.54. The average Bonchev–Trinajstić information content (AvgIpc) is 2.52. The Balaban J connectivity index is 2.03. The number of nitrogens with two attached hydrogens (primary N) is 1. The normalized spacial score (nSPS) is 11.1. The lowest BCUT2D eigenvalue weighted by Crippen LogP contribution is -2.10. The smallest absolute Gasteiger partial charge is 0.126 e. The van der Waals surface area contributed by atoms with Gasteiger partial charge < -0.3 is 10.6 Å². The lowest BCUT2D eigenvalue weighted by Gasteiger charge is -2.11. The second-order valence-corrected chi connectivity index (χ2v) is 6.58. The van der Waals surface area contributed by atoms with E-state index in [1.165, 1.54) is 41.5 Å². The van der Waals surface area contributed by atoms with Crippen LogP contribution in [0, 0.1) is 0 Å². The molecule has 1 aromatic heterocycles. The van der Waals surface area contributed by atoms with Crippen LogP contribution in [0.3, 0.4) is 0 Å². The van der Waals surface area contributed by atoms with Crippen molar-refractivity contribution in [1.29, 1.82) is 0 Å². The van der Waals surface area contributed by atoms with Gasteiger partial charge in [-0.3, -0.25) is 0 Å². The number of hydrogen-bond donors (Lipinski definition) is 1. The highest BCUT2D eigenvalue weighted by Crippen LogP contribution is 2.17. The van der Waals surface area contributed by atoms with Gasteiger partial charge in [-0.1, -0.05) is 50.1 Å². The Kier molecular flexibility index (Phi) is 6.60. The predicted octanol–water partition coefficient (Wildman–Crippen LogP) is 4.05. The number of nitrogens with zero attached hydrogens (tertiary/aromatic N) is 2. The molecule has 0 amide bonds. The quantitative estimate of drug-likeness (QED) is 0.748. The monoisotopic (exact) mass is 311 g/mol. The molecule has 0 spiro atoms. The van der Waals surface area contributed by atoms with Crippen LogP contribution in [-0.4, -0.2) is 24.0 Å². The number of anilines is 1. The van der Waals surface area contributed by atoms with Gasteiger partial charge in [0, 0.05) is 12.7 Å². The fraction of sp³-hybridized carbons (Fsp3) is 0.450. The van der Waals surface area contributed by atoms with Crippen molar-refractivity contribution in [1.82, 2.24) is 9.88 Å². The summed E-state index contributed by atoms with van der Waals surface area (Å²) in [5.74, 6) is 0.686. The summed E-state index contributed by atoms with van der Waals surface area (Å²) in [6.07, 6.45) is 7.51. The number of aromatic nitrogens is 1. The molecule has 0 fully saturated rings. The van der Waals surface area contributed by atoms with E-state index in [9.17, 15) is 0 Å². The summed E-state index contributed by atoms with van der Waals surface area (Å²) in [6.45, 7) is 3.20. The maximum absolute atomic E-state index is 6.02. The fourth-order valence-electron chi connectivity index (χ4n) is 2.80. The first kappa shape index (κ1) is 17.5. The van der Waals surface area contributed by atoms with Gasteiger partial charge in [0.2, 0.25) is 0 Å². The van der Waals surface area contributed by atoms with Crippen LogP contribution in [0.15, 0.2) is 36.5 Å². The van der Waals surface area contributed by atoms with E-state index < -0.39 is 0 Å². The van der Waals surface area contributed by atoms with Crippen LogP contribution in [-0.2, 0) is 19.4 Å². The van der Waals surface area contributed by atoms with E-state index in [4.69, 9.17) is 5.73 Å². The van der Waals surface area contributed by atoms with Gasteiger partial charge in [-0.15, -0.1) is 0 Å². The minimum Gasteiger partial charge on any atom is -0.383 e. The second kappa shape index (κ2) is 8.68. The zero-order chi connectivity index (χ0) is 16.7. The summed E-state index contributed by atoms with van der Waals surface area (Å²) in [5.41, 5.74) is 11.1. The molecule has 1 aromatic carbocycles. The van der Waals surface area contributed by atoms with Crippen LogP contribution in [0.2, 0.25) is 0 Å². The number of unbranched alkanes of at least 4 members (excludes halogenated alkanes) is 2. The highest BCUT2D eigenvalue weighted by molar-refractivity contribution is 5.42. The van der Waals surface area contributed by atoms with Gasteiger partial charge >= 0.3 is 0 Å². The highest BCUT2D eigenvalue weighted by Gasteiger charge is 2.04. The molecule has 3 heteroatoms. The first-order chi connectivity index (χ1) is 11.1. The summed E-state index contributed by atoms with van der Waals surface area (Å²) in [5, 5.41) is 0. The molecular formula is C20H29N3. The molecule has 2 rings (SSSR count). The van der Waals surface area contributed by atoms with Crippen LogP contribution >= 0.6 is 0 Å². The molecule has 0 bridgehead atoms. The molecule has 0 saturated heterocycles. The fourth-order valence-corrected chi connectivity index (χ4v) is 2.80. The minimum atomic E-state index is 0.686. The molecule has 0 saturated carbocycles. The Bertz CT molecular complexity index is 603. The third-order valence-corrected chi connectivity index (χ3v) is 4.04. The van der Waals surface area contributed by atoms with Gasteiger partial charge in [-0.25, -0.2) is 4.98 Å². The summed E-state index contributed by atoms with van der Waals surface area (Å²) >= 11 is 0. The summed E-state index contributed by atoms with van der Waals surface area (Å²) < 4.78 is 0. The van der Waals surface area contributed by atoms with Crippen LogP contribution in [0.1, 0.15) is 48.4 Å². The van der Waals surface area contributed by atoms with Gasteiger partial charge in [-0.2, -0.15) is 0 Å². The number of nitrogen functional groups attached to an aromatic ring is 1. The van der Waals surface area contributed by atoms with Gasteiger partial charge in [0.05, 0.1) is 0 Å². The van der Waals surface area contributed by atoms with E-state index in [-0.39, 0.29) is 0 Å². The van der Waals surface area contributed by atoms with Crippen LogP contribution < -0.4 is 5.73 Å². The maximum Gasteiger partial charge on any atom is 0.126 e. The maximum atomic E-state index is 6.02. The van der Waals surface area contributed by atoms with Crippen molar-refractivity contribution < 1.29 is 0 Å². The van der Waals surface area contributed by atoms with Gasteiger partial charge in [0.1, 0.15) is 5.82 Å². The largest absolute Gasteiger partial charge is 0.383 e. The third kappa shape index (κ3) is 5.68. The highest BCUT2D eigenvalue weighted by atomic mass is 15.0. The number of rotatable bonds is 8. The van der Waals surface area contributed by atoms with Crippen LogP contribution in [0.5, 0.6) is 0 Å². The van der Waals surface area contributed by atoms with E-state index >= 15 is 0 Å². The van der Waals surface area contributed by atoms with E-state index in [0.717, 1.165) is 19.4 Å². The molecule has 0 aliphatic heterocycles.